The van der Waals surface area contributed by atoms with Crippen LogP contribution in [0.1, 0.15) is 23.0 Å². The molecule has 0 aliphatic carbocycles. The fourth-order valence-electron chi connectivity index (χ4n) is 1.60. The van der Waals surface area contributed by atoms with E-state index in [1.54, 1.807) is 6.92 Å². The maximum atomic E-state index is 11.9. The van der Waals surface area contributed by atoms with Gasteiger partial charge in [-0.05, 0) is 32.0 Å². The van der Waals surface area contributed by atoms with Crippen LogP contribution >= 0.6 is 11.6 Å². The van der Waals surface area contributed by atoms with Crippen molar-refractivity contribution in [1.29, 1.82) is 0 Å². The first-order chi connectivity index (χ1) is 10.4. The average Bonchev–Trinajstić information content (AvgIpc) is 2.83. The van der Waals surface area contributed by atoms with Crippen molar-refractivity contribution < 1.29 is 24.0 Å². The normalized spacial score (nSPS) is 11.8. The van der Waals surface area contributed by atoms with Gasteiger partial charge in [-0.25, -0.2) is 4.79 Å². The molecule has 1 atom stereocenters. The summed E-state index contributed by atoms with van der Waals surface area (Å²) in [6, 6.07) is 5.47. The number of benzene rings is 1. The smallest absolute Gasteiger partial charge is 0.342 e. The highest BCUT2D eigenvalue weighted by atomic mass is 35.5. The third kappa shape index (κ3) is 3.76. The average molecular weight is 325 g/mol. The number of halogens is 1. The molecule has 0 spiro atoms. The number of carbonyl (C=O) groups excluding carboxylic acids is 2. The van der Waals surface area contributed by atoms with Crippen molar-refractivity contribution in [2.75, 3.05) is 5.32 Å². The van der Waals surface area contributed by atoms with E-state index in [0.717, 1.165) is 0 Å². The van der Waals surface area contributed by atoms with Crippen LogP contribution in [-0.4, -0.2) is 28.2 Å². The molecule has 0 aliphatic rings. The van der Waals surface area contributed by atoms with Gasteiger partial charge in [0.05, 0.1) is 5.69 Å². The molecule has 2 N–H and O–H groups in total. The molecule has 1 heterocycles. The molecule has 7 nitrogen and oxygen atoms in total. The number of esters is 1. The van der Waals surface area contributed by atoms with Gasteiger partial charge in [0.2, 0.25) is 5.88 Å². The summed E-state index contributed by atoms with van der Waals surface area (Å²) in [5.74, 6) is -1.60. The lowest BCUT2D eigenvalue weighted by atomic mass is 10.2. The van der Waals surface area contributed by atoms with E-state index in [1.807, 2.05) is 0 Å². The van der Waals surface area contributed by atoms with Crippen LogP contribution in [0.25, 0.3) is 0 Å². The number of ether oxygens (including phenoxy) is 1. The zero-order valence-electron chi connectivity index (χ0n) is 11.8. The minimum atomic E-state index is -1.09. The maximum absolute atomic E-state index is 11.9. The Morgan fingerprint density at radius 1 is 1.41 bits per heavy atom. The van der Waals surface area contributed by atoms with E-state index in [-0.39, 0.29) is 22.2 Å². The summed E-state index contributed by atoms with van der Waals surface area (Å²) in [5.41, 5.74) is 0.519. The molecule has 22 heavy (non-hydrogen) atoms. The molecule has 0 bridgehead atoms. The number of rotatable bonds is 4. The van der Waals surface area contributed by atoms with Crippen LogP contribution in [0.4, 0.5) is 5.88 Å². The second-order valence-corrected chi connectivity index (χ2v) is 4.97. The molecule has 0 radical (unpaired) electrons. The third-order valence-corrected chi connectivity index (χ3v) is 2.94. The van der Waals surface area contributed by atoms with Crippen LogP contribution in [0.3, 0.4) is 0 Å². The second kappa shape index (κ2) is 6.48. The fraction of sp³-hybridized carbons (Fsp3) is 0.214. The lowest BCUT2D eigenvalue weighted by Crippen LogP contribution is -2.29. The first-order valence-corrected chi connectivity index (χ1v) is 6.68. The number of hydrogen-bond donors (Lipinski definition) is 2. The molecule has 8 heteroatoms. The Morgan fingerprint density at radius 2 is 2.14 bits per heavy atom. The minimum Gasteiger partial charge on any atom is -0.507 e. The lowest BCUT2D eigenvalue weighted by molar-refractivity contribution is -0.123. The van der Waals surface area contributed by atoms with Crippen molar-refractivity contribution in [2.24, 2.45) is 0 Å². The molecule has 2 rings (SSSR count). The SMILES string of the molecule is Cc1cc(NC(=O)[C@H](C)OC(=O)c2ccc(Cl)cc2O)on1. The van der Waals surface area contributed by atoms with Gasteiger partial charge >= 0.3 is 5.97 Å². The van der Waals surface area contributed by atoms with Crippen LogP contribution in [0.2, 0.25) is 5.02 Å². The van der Waals surface area contributed by atoms with Crippen molar-refractivity contribution in [3.63, 3.8) is 0 Å². The summed E-state index contributed by atoms with van der Waals surface area (Å²) in [6.45, 7) is 3.09. The lowest BCUT2D eigenvalue weighted by Gasteiger charge is -2.12. The Balaban J connectivity index is 1.99. The molecule has 0 saturated heterocycles. The molecule has 0 aliphatic heterocycles. The largest absolute Gasteiger partial charge is 0.507 e. The molecule has 0 unspecified atom stereocenters. The van der Waals surface area contributed by atoms with E-state index in [4.69, 9.17) is 20.9 Å². The number of aromatic nitrogens is 1. The topological polar surface area (TPSA) is 102 Å². The molecule has 1 amide bonds. The number of amides is 1. The van der Waals surface area contributed by atoms with E-state index in [9.17, 15) is 14.7 Å². The van der Waals surface area contributed by atoms with Crippen molar-refractivity contribution in [3.8, 4) is 5.75 Å². The number of hydrogen-bond acceptors (Lipinski definition) is 6. The number of nitrogens with zero attached hydrogens (tertiary/aromatic N) is 1. The Morgan fingerprint density at radius 3 is 2.73 bits per heavy atom. The van der Waals surface area contributed by atoms with Crippen LogP contribution in [-0.2, 0) is 9.53 Å². The van der Waals surface area contributed by atoms with Crippen molar-refractivity contribution in [3.05, 3.63) is 40.5 Å². The number of carbonyl (C=O) groups is 2. The zero-order valence-corrected chi connectivity index (χ0v) is 12.5. The van der Waals surface area contributed by atoms with Gasteiger partial charge in [-0.1, -0.05) is 16.8 Å². The Bertz CT molecular complexity index is 713. The van der Waals surface area contributed by atoms with Crippen LogP contribution < -0.4 is 5.32 Å². The zero-order chi connectivity index (χ0) is 16.3. The van der Waals surface area contributed by atoms with E-state index in [2.05, 4.69) is 10.5 Å². The number of anilines is 1. The van der Waals surface area contributed by atoms with Crippen molar-refractivity contribution >= 4 is 29.4 Å². The summed E-state index contributed by atoms with van der Waals surface area (Å²) in [6.07, 6.45) is -1.09. The predicted molar refractivity (Wildman–Crippen MR) is 77.9 cm³/mol. The summed E-state index contributed by atoms with van der Waals surface area (Å²) in [4.78, 5) is 23.8. The van der Waals surface area contributed by atoms with E-state index in [1.165, 1.54) is 31.2 Å². The predicted octanol–water partition coefficient (Wildman–Crippen LogP) is 2.53. The van der Waals surface area contributed by atoms with Crippen molar-refractivity contribution in [1.82, 2.24) is 5.16 Å². The summed E-state index contributed by atoms with van der Waals surface area (Å²) in [5, 5.41) is 15.9. The van der Waals surface area contributed by atoms with Crippen molar-refractivity contribution in [2.45, 2.75) is 20.0 Å². The second-order valence-electron chi connectivity index (χ2n) is 4.53. The first kappa shape index (κ1) is 15.8. The van der Waals surface area contributed by atoms with Crippen LogP contribution in [0, 0.1) is 6.92 Å². The molecule has 0 saturated carbocycles. The highest BCUT2D eigenvalue weighted by Crippen LogP contribution is 2.23. The minimum absolute atomic E-state index is 0.0837. The molecular weight excluding hydrogens is 312 g/mol. The Kier molecular flexibility index (Phi) is 4.67. The first-order valence-electron chi connectivity index (χ1n) is 6.30. The van der Waals surface area contributed by atoms with Gasteiger partial charge < -0.3 is 14.4 Å². The fourth-order valence-corrected chi connectivity index (χ4v) is 1.77. The molecule has 0 fully saturated rings. The summed E-state index contributed by atoms with van der Waals surface area (Å²) >= 11 is 5.68. The third-order valence-electron chi connectivity index (χ3n) is 2.71. The number of phenolic OH excluding ortho intramolecular Hbond substituents is 1. The van der Waals surface area contributed by atoms with Gasteiger partial charge in [0.15, 0.2) is 6.10 Å². The van der Waals surface area contributed by atoms with E-state index in [0.29, 0.717) is 5.69 Å². The van der Waals surface area contributed by atoms with E-state index >= 15 is 0 Å². The molecule has 2 aromatic rings. The monoisotopic (exact) mass is 324 g/mol. The van der Waals surface area contributed by atoms with Gasteiger partial charge in [0.25, 0.3) is 5.91 Å². The molecule has 116 valence electrons. The number of aromatic hydroxyl groups is 1. The van der Waals surface area contributed by atoms with E-state index < -0.39 is 18.0 Å². The van der Waals surface area contributed by atoms with Gasteiger partial charge in [0.1, 0.15) is 11.3 Å². The Hall–Kier alpha value is -2.54. The highest BCUT2D eigenvalue weighted by Gasteiger charge is 2.22. The highest BCUT2D eigenvalue weighted by molar-refractivity contribution is 6.30. The van der Waals surface area contributed by atoms with Crippen LogP contribution in [0.15, 0.2) is 28.8 Å². The Labute approximate surface area is 130 Å². The van der Waals surface area contributed by atoms with Gasteiger partial charge in [-0.3, -0.25) is 10.1 Å². The van der Waals surface area contributed by atoms with Gasteiger partial charge in [0, 0.05) is 11.1 Å². The summed E-state index contributed by atoms with van der Waals surface area (Å²) in [7, 11) is 0. The molecule has 1 aromatic heterocycles. The molecule has 1 aromatic carbocycles. The number of aryl methyl sites for hydroxylation is 1. The number of phenols is 1. The number of nitrogens with one attached hydrogen (secondary N) is 1. The molecular formula is C14H13ClN2O5. The quantitative estimate of drug-likeness (QED) is 0.838. The van der Waals surface area contributed by atoms with Crippen LogP contribution in [0.5, 0.6) is 5.75 Å². The summed E-state index contributed by atoms with van der Waals surface area (Å²) < 4.78 is 9.81. The standard InChI is InChI=1S/C14H13ClN2O5/c1-7-5-12(22-17-7)16-13(19)8(2)21-14(20)10-4-3-9(15)6-11(10)18/h3-6,8,18H,1-2H3,(H,16,19)/t8-/m0/s1. The maximum Gasteiger partial charge on any atom is 0.342 e. The van der Waals surface area contributed by atoms with Gasteiger partial charge in [-0.15, -0.1) is 0 Å². The van der Waals surface area contributed by atoms with Gasteiger partial charge in [-0.2, -0.15) is 0 Å².